The molecule has 142 valence electrons. The van der Waals surface area contributed by atoms with Gasteiger partial charge in [-0.3, -0.25) is 15.0 Å². The third-order valence-electron chi connectivity index (χ3n) is 5.16. The average molecular weight is 365 g/mol. The highest BCUT2D eigenvalue weighted by Gasteiger charge is 2.21. The first kappa shape index (κ1) is 19.1. The lowest BCUT2D eigenvalue weighted by Crippen LogP contribution is -2.49. The Kier molecular flexibility index (Phi) is 6.24. The molecule has 1 aliphatic rings. The van der Waals surface area contributed by atoms with Gasteiger partial charge in [-0.05, 0) is 55.5 Å². The van der Waals surface area contributed by atoms with Crippen molar-refractivity contribution in [3.63, 3.8) is 0 Å². The molecule has 0 spiro atoms. The summed E-state index contributed by atoms with van der Waals surface area (Å²) in [4.78, 5) is 26.5. The number of carbonyl (C=O) groups is 2. The normalized spacial score (nSPS) is 15.3. The number of urea groups is 1. The van der Waals surface area contributed by atoms with Crippen molar-refractivity contribution < 1.29 is 9.59 Å². The first-order valence-electron chi connectivity index (χ1n) is 9.46. The Morgan fingerprint density at radius 1 is 1.00 bits per heavy atom. The second kappa shape index (κ2) is 8.82. The van der Waals surface area contributed by atoms with Crippen LogP contribution in [0.1, 0.15) is 39.9 Å². The van der Waals surface area contributed by atoms with E-state index in [-0.39, 0.29) is 11.9 Å². The molecule has 5 nitrogen and oxygen atoms in total. The van der Waals surface area contributed by atoms with Crippen molar-refractivity contribution in [3.05, 3.63) is 70.8 Å². The van der Waals surface area contributed by atoms with E-state index in [1.54, 1.807) is 24.3 Å². The van der Waals surface area contributed by atoms with Crippen molar-refractivity contribution in [2.24, 2.45) is 0 Å². The first-order valence-corrected chi connectivity index (χ1v) is 9.46. The van der Waals surface area contributed by atoms with Gasteiger partial charge in [0.15, 0.2) is 0 Å². The highest BCUT2D eigenvalue weighted by molar-refractivity contribution is 6.04. The molecule has 2 aromatic carbocycles. The van der Waals surface area contributed by atoms with Crippen molar-refractivity contribution >= 4 is 11.9 Å². The maximum absolute atomic E-state index is 12.1. The van der Waals surface area contributed by atoms with E-state index < -0.39 is 6.03 Å². The average Bonchev–Trinajstić information content (AvgIpc) is 2.67. The van der Waals surface area contributed by atoms with Crippen molar-refractivity contribution in [2.75, 3.05) is 13.1 Å². The van der Waals surface area contributed by atoms with Gasteiger partial charge in [0.25, 0.3) is 5.91 Å². The molecule has 2 N–H and O–H groups in total. The van der Waals surface area contributed by atoms with E-state index >= 15 is 0 Å². The van der Waals surface area contributed by atoms with Crippen molar-refractivity contribution in [3.8, 4) is 0 Å². The fraction of sp³-hybridized carbons (Fsp3) is 0.364. The lowest BCUT2D eigenvalue weighted by Gasteiger charge is -2.32. The predicted octanol–water partition coefficient (Wildman–Crippen LogP) is 3.41. The summed E-state index contributed by atoms with van der Waals surface area (Å²) in [5.74, 6) is -0.375. The molecule has 0 aliphatic carbocycles. The van der Waals surface area contributed by atoms with E-state index in [9.17, 15) is 9.59 Å². The summed E-state index contributed by atoms with van der Waals surface area (Å²) in [7, 11) is 0. The lowest BCUT2D eigenvalue weighted by atomic mass is 10.0. The summed E-state index contributed by atoms with van der Waals surface area (Å²) in [6.07, 6.45) is 1.77. The minimum atomic E-state index is -0.420. The Morgan fingerprint density at radius 2 is 1.70 bits per heavy atom. The third-order valence-corrected chi connectivity index (χ3v) is 5.16. The molecule has 1 aliphatic heterocycles. The van der Waals surface area contributed by atoms with Crippen LogP contribution >= 0.6 is 0 Å². The minimum Gasteiger partial charge on any atom is -0.335 e. The van der Waals surface area contributed by atoms with Gasteiger partial charge in [0.05, 0.1) is 0 Å². The number of hydrogen-bond acceptors (Lipinski definition) is 3. The fourth-order valence-electron chi connectivity index (χ4n) is 3.38. The van der Waals surface area contributed by atoms with E-state index in [1.165, 1.54) is 16.7 Å². The molecule has 1 fully saturated rings. The number of carbonyl (C=O) groups excluding carboxylic acids is 2. The smallest absolute Gasteiger partial charge is 0.321 e. The molecular weight excluding hydrogens is 338 g/mol. The monoisotopic (exact) mass is 365 g/mol. The molecule has 0 aromatic heterocycles. The summed E-state index contributed by atoms with van der Waals surface area (Å²) < 4.78 is 0. The number of imide groups is 1. The van der Waals surface area contributed by atoms with Gasteiger partial charge in [-0.2, -0.15) is 0 Å². The maximum Gasteiger partial charge on any atom is 0.321 e. The predicted molar refractivity (Wildman–Crippen MR) is 107 cm³/mol. The largest absolute Gasteiger partial charge is 0.335 e. The van der Waals surface area contributed by atoms with E-state index in [0.717, 1.165) is 32.5 Å². The van der Waals surface area contributed by atoms with Gasteiger partial charge in [0, 0.05) is 31.2 Å². The van der Waals surface area contributed by atoms with Crippen LogP contribution in [0.3, 0.4) is 0 Å². The summed E-state index contributed by atoms with van der Waals surface area (Å²) in [5, 5.41) is 5.33. The molecule has 3 rings (SSSR count). The molecule has 0 radical (unpaired) electrons. The van der Waals surface area contributed by atoms with Gasteiger partial charge in [-0.15, -0.1) is 0 Å². The summed E-state index contributed by atoms with van der Waals surface area (Å²) in [6, 6.07) is 15.1. The number of hydrogen-bond donors (Lipinski definition) is 2. The van der Waals surface area contributed by atoms with Gasteiger partial charge in [0.1, 0.15) is 0 Å². The summed E-state index contributed by atoms with van der Waals surface area (Å²) in [5.41, 5.74) is 4.45. The number of benzene rings is 2. The van der Waals surface area contributed by atoms with Crippen LogP contribution in [0, 0.1) is 13.8 Å². The van der Waals surface area contributed by atoms with Crippen LogP contribution in [0.15, 0.2) is 48.5 Å². The molecule has 27 heavy (non-hydrogen) atoms. The highest BCUT2D eigenvalue weighted by Crippen LogP contribution is 2.16. The highest BCUT2D eigenvalue weighted by atomic mass is 16.2. The van der Waals surface area contributed by atoms with Crippen molar-refractivity contribution in [2.45, 2.75) is 39.3 Å². The zero-order chi connectivity index (χ0) is 19.2. The van der Waals surface area contributed by atoms with Crippen LogP contribution in [0.2, 0.25) is 0 Å². The van der Waals surface area contributed by atoms with Crippen molar-refractivity contribution in [1.82, 2.24) is 15.5 Å². The first-order chi connectivity index (χ1) is 13.0. The Balaban J connectivity index is 1.43. The zero-order valence-electron chi connectivity index (χ0n) is 16.0. The molecule has 5 heteroatoms. The van der Waals surface area contributed by atoms with Crippen LogP contribution in [-0.2, 0) is 6.54 Å². The topological polar surface area (TPSA) is 61.4 Å². The number of piperidine rings is 1. The molecule has 0 atom stereocenters. The zero-order valence-corrected chi connectivity index (χ0v) is 16.0. The Hall–Kier alpha value is -2.66. The number of amides is 3. The lowest BCUT2D eigenvalue weighted by molar-refractivity contribution is 0.0961. The van der Waals surface area contributed by atoms with Crippen LogP contribution in [0.5, 0.6) is 0 Å². The Morgan fingerprint density at radius 3 is 2.37 bits per heavy atom. The van der Waals surface area contributed by atoms with E-state index in [2.05, 4.69) is 47.6 Å². The number of aryl methyl sites for hydroxylation is 2. The molecule has 0 saturated carbocycles. The second-order valence-corrected chi connectivity index (χ2v) is 7.26. The second-order valence-electron chi connectivity index (χ2n) is 7.26. The van der Waals surface area contributed by atoms with Crippen LogP contribution in [-0.4, -0.2) is 36.0 Å². The van der Waals surface area contributed by atoms with E-state index in [0.29, 0.717) is 5.56 Å². The third kappa shape index (κ3) is 5.41. The molecular formula is C22H27N3O2. The molecule has 2 aromatic rings. The summed E-state index contributed by atoms with van der Waals surface area (Å²) >= 11 is 0. The Bertz CT molecular complexity index is 796. The quantitative estimate of drug-likeness (QED) is 0.873. The van der Waals surface area contributed by atoms with Gasteiger partial charge in [-0.1, -0.05) is 36.4 Å². The number of rotatable bonds is 4. The molecule has 1 heterocycles. The van der Waals surface area contributed by atoms with Crippen LogP contribution in [0.25, 0.3) is 0 Å². The summed E-state index contributed by atoms with van der Waals surface area (Å²) in [6.45, 7) is 7.08. The number of nitrogens with zero attached hydrogens (tertiary/aromatic N) is 1. The molecule has 3 amide bonds. The minimum absolute atomic E-state index is 0.101. The fourth-order valence-corrected chi connectivity index (χ4v) is 3.38. The van der Waals surface area contributed by atoms with Gasteiger partial charge < -0.3 is 5.32 Å². The number of nitrogens with one attached hydrogen (secondary N) is 2. The van der Waals surface area contributed by atoms with Crippen LogP contribution in [0.4, 0.5) is 4.79 Å². The van der Waals surface area contributed by atoms with Crippen LogP contribution < -0.4 is 10.6 Å². The van der Waals surface area contributed by atoms with E-state index in [1.807, 2.05) is 6.07 Å². The Labute approximate surface area is 160 Å². The van der Waals surface area contributed by atoms with Gasteiger partial charge >= 0.3 is 6.03 Å². The van der Waals surface area contributed by atoms with Crippen molar-refractivity contribution in [1.29, 1.82) is 0 Å². The standard InChI is InChI=1S/C22H27N3O2/c1-16-8-9-18(14-17(16)2)15-25-12-10-20(11-13-25)23-22(27)24-21(26)19-6-4-3-5-7-19/h3-9,14,20H,10-13,15H2,1-2H3,(H2,23,24,26,27). The molecule has 0 bridgehead atoms. The SMILES string of the molecule is Cc1ccc(CN2CCC(NC(=O)NC(=O)c3ccccc3)CC2)cc1C. The molecule has 1 saturated heterocycles. The van der Waals surface area contributed by atoms with Gasteiger partial charge in [-0.25, -0.2) is 4.79 Å². The number of likely N-dealkylation sites (tertiary alicyclic amines) is 1. The maximum atomic E-state index is 12.1. The molecule has 0 unspecified atom stereocenters. The van der Waals surface area contributed by atoms with Gasteiger partial charge in [0.2, 0.25) is 0 Å². The van der Waals surface area contributed by atoms with E-state index in [4.69, 9.17) is 0 Å².